The van der Waals surface area contributed by atoms with Crippen LogP contribution in [0.4, 0.5) is 0 Å². The highest BCUT2D eigenvalue weighted by molar-refractivity contribution is 9.09. The van der Waals surface area contributed by atoms with Gasteiger partial charge in [0, 0.05) is 22.9 Å². The summed E-state index contributed by atoms with van der Waals surface area (Å²) in [6.45, 7) is 9.23. The zero-order valence-corrected chi connectivity index (χ0v) is 15.5. The van der Waals surface area contributed by atoms with E-state index in [2.05, 4.69) is 42.8 Å². The minimum atomic E-state index is 0.126. The smallest absolute Gasteiger partial charge is 0.127 e. The first-order valence-electron chi connectivity index (χ1n) is 7.66. The second-order valence-corrected chi connectivity index (χ2v) is 7.62. The lowest BCUT2D eigenvalue weighted by Crippen LogP contribution is -2.52. The number of hydrogen-bond donors (Lipinski definition) is 0. The Morgan fingerprint density at radius 2 is 2.10 bits per heavy atom. The molecule has 1 aromatic rings. The van der Waals surface area contributed by atoms with E-state index >= 15 is 0 Å². The van der Waals surface area contributed by atoms with Crippen molar-refractivity contribution in [2.24, 2.45) is 0 Å². The molecule has 1 aliphatic rings. The third kappa shape index (κ3) is 3.94. The fourth-order valence-corrected chi connectivity index (χ4v) is 3.81. The Bertz CT molecular complexity index is 490. The zero-order chi connectivity index (χ0) is 15.6. The predicted molar refractivity (Wildman–Crippen MR) is 92.1 cm³/mol. The molecule has 21 heavy (non-hydrogen) atoms. The Balaban J connectivity index is 2.10. The number of ether oxygens (including phenoxy) is 2. The average Bonchev–Trinajstić information content (AvgIpc) is 2.40. The van der Waals surface area contributed by atoms with E-state index in [9.17, 15) is 0 Å². The summed E-state index contributed by atoms with van der Waals surface area (Å²) in [5, 5.41) is 0.820. The Morgan fingerprint density at radius 1 is 1.38 bits per heavy atom. The van der Waals surface area contributed by atoms with Crippen molar-refractivity contribution in [1.82, 2.24) is 0 Å². The van der Waals surface area contributed by atoms with Crippen LogP contribution in [0.15, 0.2) is 12.1 Å². The molecule has 1 saturated carbocycles. The zero-order valence-electron chi connectivity index (χ0n) is 13.2. The summed E-state index contributed by atoms with van der Waals surface area (Å²) in [6, 6.07) is 4.08. The maximum Gasteiger partial charge on any atom is 0.127 e. The molecule has 0 spiro atoms. The van der Waals surface area contributed by atoms with E-state index < -0.39 is 0 Å². The van der Waals surface area contributed by atoms with Crippen molar-refractivity contribution in [3.8, 4) is 5.75 Å². The van der Waals surface area contributed by atoms with Gasteiger partial charge < -0.3 is 9.47 Å². The number of alkyl halides is 1. The van der Waals surface area contributed by atoms with Gasteiger partial charge in [-0.05, 0) is 42.5 Å². The molecular formula is C17H24BrClO2. The van der Waals surface area contributed by atoms with Crippen LogP contribution in [0.3, 0.4) is 0 Å². The molecular weight excluding hydrogens is 352 g/mol. The Labute approximate surface area is 141 Å². The summed E-state index contributed by atoms with van der Waals surface area (Å²) in [5.74, 6) is 1.32. The lowest BCUT2D eigenvalue weighted by atomic mass is 9.91. The summed E-state index contributed by atoms with van der Waals surface area (Å²) in [4.78, 5) is 0.395. The van der Waals surface area contributed by atoms with Gasteiger partial charge in [-0.15, -0.1) is 0 Å². The molecule has 2 rings (SSSR count). The topological polar surface area (TPSA) is 18.5 Å². The quantitative estimate of drug-likeness (QED) is 0.613. The molecule has 4 heteroatoms. The molecule has 1 aromatic carbocycles. The molecule has 0 amide bonds. The first-order valence-corrected chi connectivity index (χ1v) is 8.95. The van der Waals surface area contributed by atoms with Crippen molar-refractivity contribution in [1.29, 1.82) is 0 Å². The van der Waals surface area contributed by atoms with Gasteiger partial charge in [-0.25, -0.2) is 0 Å². The van der Waals surface area contributed by atoms with E-state index in [4.69, 9.17) is 21.1 Å². The Morgan fingerprint density at radius 3 is 2.67 bits per heavy atom. The molecule has 0 aliphatic heterocycles. The van der Waals surface area contributed by atoms with Crippen LogP contribution < -0.4 is 4.74 Å². The van der Waals surface area contributed by atoms with Crippen molar-refractivity contribution in [2.75, 3.05) is 6.61 Å². The van der Waals surface area contributed by atoms with Gasteiger partial charge in [0.2, 0.25) is 0 Å². The van der Waals surface area contributed by atoms with E-state index in [1.807, 2.05) is 13.0 Å². The lowest BCUT2D eigenvalue weighted by Gasteiger charge is -2.41. The van der Waals surface area contributed by atoms with Gasteiger partial charge in [0.05, 0.1) is 0 Å². The second-order valence-electron chi connectivity index (χ2n) is 6.04. The highest BCUT2D eigenvalue weighted by atomic mass is 79.9. The highest BCUT2D eigenvalue weighted by Gasteiger charge is 2.42. The molecule has 0 aromatic heterocycles. The van der Waals surface area contributed by atoms with Crippen LogP contribution in [0.5, 0.6) is 5.75 Å². The number of hydrogen-bond acceptors (Lipinski definition) is 2. The summed E-state index contributed by atoms with van der Waals surface area (Å²) in [5.41, 5.74) is 2.22. The summed E-state index contributed by atoms with van der Waals surface area (Å²) < 4.78 is 12.1. The molecule has 0 bridgehead atoms. The Kier molecular flexibility index (Phi) is 5.98. The van der Waals surface area contributed by atoms with Crippen molar-refractivity contribution in [3.05, 3.63) is 28.3 Å². The van der Waals surface area contributed by atoms with Crippen LogP contribution in [0, 0.1) is 6.92 Å². The van der Waals surface area contributed by atoms with Gasteiger partial charge in [0.15, 0.2) is 0 Å². The third-order valence-corrected chi connectivity index (χ3v) is 5.11. The summed E-state index contributed by atoms with van der Waals surface area (Å²) >= 11 is 9.97. The van der Waals surface area contributed by atoms with Crippen LogP contribution in [-0.4, -0.2) is 23.6 Å². The first kappa shape index (κ1) is 17.1. The van der Waals surface area contributed by atoms with Crippen LogP contribution in [0.1, 0.15) is 50.7 Å². The molecule has 3 unspecified atom stereocenters. The standard InChI is InChI=1S/C17H24BrClO2/c1-5-6-20-17-13(18)9-16(17)21-15-8-12(10(2)3)14(19)7-11(15)4/h7-8,10,13,16-17H,5-6,9H2,1-4H3. The van der Waals surface area contributed by atoms with Crippen molar-refractivity contribution >= 4 is 27.5 Å². The van der Waals surface area contributed by atoms with Crippen LogP contribution in [0.25, 0.3) is 0 Å². The SMILES string of the molecule is CCCOC1C(Br)CC1Oc1cc(C(C)C)c(Cl)cc1C. The van der Waals surface area contributed by atoms with Crippen molar-refractivity contribution < 1.29 is 9.47 Å². The summed E-state index contributed by atoms with van der Waals surface area (Å²) in [6.07, 6.45) is 2.27. The monoisotopic (exact) mass is 374 g/mol. The van der Waals surface area contributed by atoms with E-state index in [0.717, 1.165) is 41.3 Å². The van der Waals surface area contributed by atoms with Crippen LogP contribution >= 0.6 is 27.5 Å². The van der Waals surface area contributed by atoms with E-state index in [1.54, 1.807) is 0 Å². The van der Waals surface area contributed by atoms with Crippen LogP contribution in [0.2, 0.25) is 5.02 Å². The molecule has 2 nitrogen and oxygen atoms in total. The fraction of sp³-hybridized carbons (Fsp3) is 0.647. The number of halogens is 2. The fourth-order valence-electron chi connectivity index (χ4n) is 2.51. The lowest BCUT2D eigenvalue weighted by molar-refractivity contribution is -0.0764. The van der Waals surface area contributed by atoms with E-state index in [0.29, 0.717) is 10.7 Å². The molecule has 0 N–H and O–H groups in total. The number of benzene rings is 1. The van der Waals surface area contributed by atoms with Gasteiger partial charge in [-0.3, -0.25) is 0 Å². The van der Waals surface area contributed by atoms with E-state index in [-0.39, 0.29) is 12.2 Å². The molecule has 1 fully saturated rings. The first-order chi connectivity index (χ1) is 9.93. The third-order valence-electron chi connectivity index (χ3n) is 3.89. The predicted octanol–water partition coefficient (Wildman–Crippen LogP) is 5.48. The Hall–Kier alpha value is -0.250. The highest BCUT2D eigenvalue weighted by Crippen LogP contribution is 2.37. The van der Waals surface area contributed by atoms with E-state index in [1.165, 1.54) is 0 Å². The maximum atomic E-state index is 6.31. The molecule has 0 heterocycles. The molecule has 118 valence electrons. The van der Waals surface area contributed by atoms with Gasteiger partial charge in [0.25, 0.3) is 0 Å². The minimum absolute atomic E-state index is 0.126. The van der Waals surface area contributed by atoms with Crippen LogP contribution in [-0.2, 0) is 4.74 Å². The minimum Gasteiger partial charge on any atom is -0.487 e. The van der Waals surface area contributed by atoms with Crippen molar-refractivity contribution in [2.45, 2.75) is 63.5 Å². The van der Waals surface area contributed by atoms with Gasteiger partial charge >= 0.3 is 0 Å². The number of rotatable bonds is 6. The maximum absolute atomic E-state index is 6.31. The second kappa shape index (κ2) is 7.34. The van der Waals surface area contributed by atoms with Gasteiger partial charge in [0.1, 0.15) is 18.0 Å². The molecule has 3 atom stereocenters. The van der Waals surface area contributed by atoms with Gasteiger partial charge in [-0.1, -0.05) is 48.3 Å². The van der Waals surface area contributed by atoms with Crippen molar-refractivity contribution in [3.63, 3.8) is 0 Å². The molecule has 0 radical (unpaired) electrons. The summed E-state index contributed by atoms with van der Waals surface area (Å²) in [7, 11) is 0. The molecule has 1 aliphatic carbocycles. The largest absolute Gasteiger partial charge is 0.487 e. The molecule has 0 saturated heterocycles. The normalized spacial score (nSPS) is 25.0. The average molecular weight is 376 g/mol. The van der Waals surface area contributed by atoms with Gasteiger partial charge in [-0.2, -0.15) is 0 Å². The number of aryl methyl sites for hydroxylation is 1.